The molecule has 0 radical (unpaired) electrons. The summed E-state index contributed by atoms with van der Waals surface area (Å²) in [5, 5.41) is 0. The van der Waals surface area contributed by atoms with Crippen LogP contribution < -0.4 is 5.73 Å². The molecule has 0 saturated heterocycles. The van der Waals surface area contributed by atoms with Crippen molar-refractivity contribution in [3.63, 3.8) is 0 Å². The van der Waals surface area contributed by atoms with Gasteiger partial charge in [-0.05, 0) is 37.1 Å². The summed E-state index contributed by atoms with van der Waals surface area (Å²) in [7, 11) is 0. The minimum atomic E-state index is 0. The molecule has 1 aromatic rings. The first-order chi connectivity index (χ1) is 6.60. The van der Waals surface area contributed by atoms with Crippen molar-refractivity contribution in [1.29, 1.82) is 0 Å². The number of aryl methyl sites for hydroxylation is 1. The lowest BCUT2D eigenvalue weighted by Crippen LogP contribution is -1.85. The lowest BCUT2D eigenvalue weighted by Gasteiger charge is -1.95. The van der Waals surface area contributed by atoms with Crippen LogP contribution in [0.2, 0.25) is 0 Å². The van der Waals surface area contributed by atoms with Gasteiger partial charge in [0.25, 0.3) is 0 Å². The molecule has 1 rings (SSSR count). The molecule has 1 aromatic carbocycles. The van der Waals surface area contributed by atoms with Crippen LogP contribution in [0.25, 0.3) is 0 Å². The molecule has 2 heteroatoms. The van der Waals surface area contributed by atoms with Crippen molar-refractivity contribution in [2.24, 2.45) is 0 Å². The SMILES string of the molecule is C=CC(C)=O.CCc1cccc(N)c1.[HH]. The van der Waals surface area contributed by atoms with Crippen LogP contribution in [-0.4, -0.2) is 5.78 Å². The molecule has 0 aliphatic heterocycles. The van der Waals surface area contributed by atoms with E-state index in [2.05, 4.69) is 19.6 Å². The first-order valence-corrected chi connectivity index (χ1v) is 4.57. The number of hydrogen-bond donors (Lipinski definition) is 1. The van der Waals surface area contributed by atoms with Gasteiger partial charge in [0, 0.05) is 7.11 Å². The van der Waals surface area contributed by atoms with Crippen molar-refractivity contribution in [3.05, 3.63) is 42.5 Å². The van der Waals surface area contributed by atoms with Gasteiger partial charge in [0.05, 0.1) is 0 Å². The van der Waals surface area contributed by atoms with Crippen LogP contribution >= 0.6 is 0 Å². The van der Waals surface area contributed by atoms with Crippen molar-refractivity contribution in [3.8, 4) is 0 Å². The summed E-state index contributed by atoms with van der Waals surface area (Å²) in [5.41, 5.74) is 7.69. The molecule has 0 atom stereocenters. The molecule has 0 aliphatic rings. The standard InChI is InChI=1S/C8H11N.C4H6O.H2/c1-2-7-4-3-5-8(9)6-7;1-3-4(2)5;/h3-6H,2,9H2,1H3;3H,1H2,2H3;1H. The Morgan fingerprint density at radius 3 is 2.50 bits per heavy atom. The highest BCUT2D eigenvalue weighted by atomic mass is 16.1. The normalized spacial score (nSPS) is 8.43. The van der Waals surface area contributed by atoms with Crippen molar-refractivity contribution in [2.75, 3.05) is 5.73 Å². The molecule has 0 heterocycles. The van der Waals surface area contributed by atoms with E-state index in [-0.39, 0.29) is 7.21 Å². The summed E-state index contributed by atoms with van der Waals surface area (Å²) >= 11 is 0. The summed E-state index contributed by atoms with van der Waals surface area (Å²) in [6, 6.07) is 7.96. The maximum atomic E-state index is 9.69. The summed E-state index contributed by atoms with van der Waals surface area (Å²) in [6.07, 6.45) is 2.34. The van der Waals surface area contributed by atoms with E-state index in [1.165, 1.54) is 18.6 Å². The Bertz CT molecular complexity index is 310. The van der Waals surface area contributed by atoms with Gasteiger partial charge in [-0.15, -0.1) is 0 Å². The Morgan fingerprint density at radius 2 is 2.21 bits per heavy atom. The van der Waals surface area contributed by atoms with Crippen molar-refractivity contribution in [1.82, 2.24) is 0 Å². The van der Waals surface area contributed by atoms with E-state index in [0.717, 1.165) is 12.1 Å². The monoisotopic (exact) mass is 193 g/mol. The second kappa shape index (κ2) is 6.89. The van der Waals surface area contributed by atoms with Crippen LogP contribution in [0.3, 0.4) is 0 Å². The van der Waals surface area contributed by atoms with Crippen LogP contribution in [-0.2, 0) is 11.2 Å². The van der Waals surface area contributed by atoms with Gasteiger partial charge in [0.2, 0.25) is 0 Å². The second-order valence-corrected chi connectivity index (χ2v) is 2.91. The quantitative estimate of drug-likeness (QED) is 0.579. The summed E-state index contributed by atoms with van der Waals surface area (Å²) < 4.78 is 0. The van der Waals surface area contributed by atoms with Gasteiger partial charge in [-0.25, -0.2) is 0 Å². The number of benzene rings is 1. The number of nitrogens with two attached hydrogens (primary N) is 1. The lowest BCUT2D eigenvalue weighted by molar-refractivity contribution is -0.112. The number of ketones is 1. The van der Waals surface area contributed by atoms with Gasteiger partial charge < -0.3 is 5.73 Å². The number of allylic oxidation sites excluding steroid dienone is 1. The fraction of sp³-hybridized carbons (Fsp3) is 0.250. The molecule has 0 spiro atoms. The van der Waals surface area contributed by atoms with Crippen LogP contribution in [0.4, 0.5) is 5.69 Å². The summed E-state index contributed by atoms with van der Waals surface area (Å²) in [6.45, 7) is 6.80. The van der Waals surface area contributed by atoms with Gasteiger partial charge >= 0.3 is 0 Å². The van der Waals surface area contributed by atoms with Crippen LogP contribution in [0.5, 0.6) is 0 Å². The fourth-order valence-electron chi connectivity index (χ4n) is 0.813. The molecule has 0 fully saturated rings. The third-order valence-corrected chi connectivity index (χ3v) is 1.65. The molecule has 0 unspecified atom stereocenters. The predicted molar refractivity (Wildman–Crippen MR) is 63.2 cm³/mol. The van der Waals surface area contributed by atoms with Gasteiger partial charge in [0.1, 0.15) is 0 Å². The third-order valence-electron chi connectivity index (χ3n) is 1.65. The van der Waals surface area contributed by atoms with Crippen LogP contribution in [0, 0.1) is 0 Å². The highest BCUT2D eigenvalue weighted by molar-refractivity contribution is 5.86. The molecular formula is C12H19NO. The number of anilines is 1. The highest BCUT2D eigenvalue weighted by Crippen LogP contribution is 2.05. The van der Waals surface area contributed by atoms with E-state index in [0.29, 0.717) is 0 Å². The predicted octanol–water partition coefficient (Wildman–Crippen LogP) is 2.84. The Labute approximate surface area is 86.9 Å². The van der Waals surface area contributed by atoms with Crippen molar-refractivity contribution in [2.45, 2.75) is 20.3 Å². The van der Waals surface area contributed by atoms with Crippen LogP contribution in [0.1, 0.15) is 20.8 Å². The number of carbonyl (C=O) groups excluding carboxylic acids is 1. The van der Waals surface area contributed by atoms with Crippen molar-refractivity contribution < 1.29 is 6.22 Å². The molecule has 0 bridgehead atoms. The van der Waals surface area contributed by atoms with E-state index in [1.807, 2.05) is 18.2 Å². The zero-order valence-corrected chi connectivity index (χ0v) is 8.79. The zero-order valence-electron chi connectivity index (χ0n) is 8.79. The Kier molecular flexibility index (Phi) is 6.12. The third kappa shape index (κ3) is 6.00. The van der Waals surface area contributed by atoms with E-state index in [1.54, 1.807) is 0 Å². The zero-order chi connectivity index (χ0) is 11.0. The first-order valence-electron chi connectivity index (χ1n) is 4.57. The minimum absolute atomic E-state index is 0. The van der Waals surface area contributed by atoms with E-state index in [4.69, 9.17) is 5.73 Å². The largest absolute Gasteiger partial charge is 0.399 e. The topological polar surface area (TPSA) is 43.1 Å². The maximum Gasteiger partial charge on any atom is 0.152 e. The lowest BCUT2D eigenvalue weighted by atomic mass is 10.1. The second-order valence-electron chi connectivity index (χ2n) is 2.91. The van der Waals surface area contributed by atoms with Crippen molar-refractivity contribution >= 4 is 11.5 Å². The van der Waals surface area contributed by atoms with E-state index < -0.39 is 0 Å². The molecule has 2 N–H and O–H groups in total. The maximum absolute atomic E-state index is 9.69. The molecule has 0 aromatic heterocycles. The van der Waals surface area contributed by atoms with Gasteiger partial charge in [-0.2, -0.15) is 0 Å². The van der Waals surface area contributed by atoms with Gasteiger partial charge in [-0.1, -0.05) is 25.6 Å². The van der Waals surface area contributed by atoms with Gasteiger partial charge in [0.15, 0.2) is 5.78 Å². The summed E-state index contributed by atoms with van der Waals surface area (Å²) in [5.74, 6) is 0.0185. The Hall–Kier alpha value is -1.57. The average molecular weight is 193 g/mol. The number of nitrogen functional groups attached to an aromatic ring is 1. The molecular weight excluding hydrogens is 174 g/mol. The molecule has 0 aliphatic carbocycles. The number of rotatable bonds is 2. The average Bonchev–Trinajstić information content (AvgIpc) is 2.18. The number of carbonyl (C=O) groups is 1. The van der Waals surface area contributed by atoms with Crippen LogP contribution in [0.15, 0.2) is 36.9 Å². The van der Waals surface area contributed by atoms with E-state index >= 15 is 0 Å². The summed E-state index contributed by atoms with van der Waals surface area (Å²) in [4.78, 5) is 9.69. The highest BCUT2D eigenvalue weighted by Gasteiger charge is 1.86. The Morgan fingerprint density at radius 1 is 1.64 bits per heavy atom. The molecule has 14 heavy (non-hydrogen) atoms. The number of hydrogen-bond acceptors (Lipinski definition) is 2. The molecule has 0 amide bonds. The fourth-order valence-corrected chi connectivity index (χ4v) is 0.813. The van der Waals surface area contributed by atoms with E-state index in [9.17, 15) is 4.79 Å². The first kappa shape index (κ1) is 12.4. The smallest absolute Gasteiger partial charge is 0.152 e. The molecule has 2 nitrogen and oxygen atoms in total. The Balaban J connectivity index is 0. The van der Waals surface area contributed by atoms with Gasteiger partial charge in [-0.3, -0.25) is 4.79 Å². The minimum Gasteiger partial charge on any atom is -0.399 e. The molecule has 0 saturated carbocycles. The molecule has 78 valence electrons.